The van der Waals surface area contributed by atoms with Crippen LogP contribution in [0.5, 0.6) is 0 Å². The average molecular weight is 230 g/mol. The molecule has 1 rings (SSSR count). The number of nitrogens with two attached hydrogens (primary N) is 1. The zero-order chi connectivity index (χ0) is 11.9. The summed E-state index contributed by atoms with van der Waals surface area (Å²) in [5.74, 6) is -0.178. The van der Waals surface area contributed by atoms with E-state index in [-0.39, 0.29) is 29.2 Å². The Balaban J connectivity index is 3.17. The van der Waals surface area contributed by atoms with Crippen molar-refractivity contribution >= 4 is 21.3 Å². The van der Waals surface area contributed by atoms with Gasteiger partial charge in [-0.2, -0.15) is 0 Å². The molecule has 0 aromatic heterocycles. The Hall–Kier alpha value is -0.970. The maximum absolute atomic E-state index is 12.0. The molecule has 5 heteroatoms. The third-order valence-electron chi connectivity index (χ3n) is 2.39. The summed E-state index contributed by atoms with van der Waals surface area (Å²) in [6.45, 7) is 4.90. The monoisotopic (exact) mass is 230 g/mol. The molecule has 0 unspecified atom stereocenters. The Kier molecular flexibility index (Phi) is 2.87. The van der Waals surface area contributed by atoms with E-state index in [1.54, 1.807) is 20.8 Å². The fourth-order valence-electron chi connectivity index (χ4n) is 1.31. The molecule has 0 aliphatic heterocycles. The molecule has 4 nitrogen and oxygen atoms in total. The zero-order valence-electron chi connectivity index (χ0n) is 9.20. The summed E-state index contributed by atoms with van der Waals surface area (Å²) in [6, 6.07) is 0. The van der Waals surface area contributed by atoms with E-state index >= 15 is 0 Å². The van der Waals surface area contributed by atoms with Crippen molar-refractivity contribution < 1.29 is 18.6 Å². The van der Waals surface area contributed by atoms with Crippen LogP contribution in [0.1, 0.15) is 33.6 Å². The second kappa shape index (κ2) is 3.56. The summed E-state index contributed by atoms with van der Waals surface area (Å²) in [5, 5.41) is 5.43. The van der Waals surface area contributed by atoms with Crippen molar-refractivity contribution in [3.63, 3.8) is 0 Å². The Labute approximate surface area is 89.8 Å². The van der Waals surface area contributed by atoms with Gasteiger partial charge in [0, 0.05) is 12.5 Å². The van der Waals surface area contributed by atoms with Gasteiger partial charge in [0.25, 0.3) is 0 Å². The molecule has 0 aromatic carbocycles. The summed E-state index contributed by atoms with van der Waals surface area (Å²) in [5.41, 5.74) is 0.0454. The highest BCUT2D eigenvalue weighted by Gasteiger charge is 2.36. The number of allylic oxidation sites excluding steroid dienone is 2. The number of hydrogen-bond donors (Lipinski definition) is 1. The van der Waals surface area contributed by atoms with Crippen molar-refractivity contribution in [2.24, 2.45) is 0 Å². The molecule has 1 aliphatic carbocycles. The first-order valence-electron chi connectivity index (χ1n) is 4.77. The molecular formula is C10H16NO3S+. The minimum Gasteiger partial charge on any atom is -0.287 e. The zero-order valence-corrected chi connectivity index (χ0v) is 10.0. The predicted molar refractivity (Wildman–Crippen MR) is 57.9 cm³/mol. The van der Waals surface area contributed by atoms with E-state index in [1.165, 1.54) is 6.08 Å². The molecule has 0 atom stereocenters. The van der Waals surface area contributed by atoms with Gasteiger partial charge in [-0.1, -0.05) is 0 Å². The number of Topliss-reactive ketones (excluding diaryl/α,β-unsaturated/α-hetero) is 1. The molecule has 1 aliphatic rings. The van der Waals surface area contributed by atoms with Crippen LogP contribution >= 0.6 is 0 Å². The normalized spacial score (nSPS) is 19.0. The first kappa shape index (κ1) is 12.1. The number of carbonyl (C=O) groups excluding carboxylic acids is 1. The van der Waals surface area contributed by atoms with Gasteiger partial charge < -0.3 is 0 Å². The Morgan fingerprint density at radius 3 is 2.20 bits per heavy atom. The number of sulfone groups is 1. The van der Waals surface area contributed by atoms with Crippen LogP contribution in [0, 0.1) is 0 Å². The molecule has 0 fully saturated rings. The highest BCUT2D eigenvalue weighted by atomic mass is 32.2. The van der Waals surface area contributed by atoms with Crippen molar-refractivity contribution in [1.29, 1.82) is 0 Å². The Morgan fingerprint density at radius 2 is 1.80 bits per heavy atom. The SMILES string of the molecule is CC(C)(C)S(=O)(=O)C1=CC(=[NH2+])C(=O)CC1. The molecule has 2 N–H and O–H groups in total. The lowest BCUT2D eigenvalue weighted by molar-refractivity contribution is -0.134. The van der Waals surface area contributed by atoms with Crippen LogP contribution in [-0.4, -0.2) is 24.7 Å². The number of ketones is 1. The summed E-state index contributed by atoms with van der Waals surface area (Å²) in [4.78, 5) is 11.4. The minimum atomic E-state index is -3.35. The van der Waals surface area contributed by atoms with Gasteiger partial charge in [-0.25, -0.2) is 8.42 Å². The van der Waals surface area contributed by atoms with Gasteiger partial charge in [0.15, 0.2) is 9.84 Å². The second-order valence-electron chi connectivity index (χ2n) is 4.60. The van der Waals surface area contributed by atoms with Crippen molar-refractivity contribution in [3.8, 4) is 0 Å². The quantitative estimate of drug-likeness (QED) is 0.668. The molecule has 0 aromatic rings. The molecule has 15 heavy (non-hydrogen) atoms. The number of rotatable bonds is 1. The molecule has 0 radical (unpaired) electrons. The molecule has 0 saturated carbocycles. The van der Waals surface area contributed by atoms with Gasteiger partial charge in [0.2, 0.25) is 11.5 Å². The van der Waals surface area contributed by atoms with Crippen molar-refractivity contribution in [3.05, 3.63) is 11.0 Å². The van der Waals surface area contributed by atoms with Crippen molar-refractivity contribution in [2.75, 3.05) is 0 Å². The van der Waals surface area contributed by atoms with Crippen molar-refractivity contribution in [2.45, 2.75) is 38.4 Å². The van der Waals surface area contributed by atoms with Gasteiger partial charge >= 0.3 is 0 Å². The van der Waals surface area contributed by atoms with E-state index in [0.717, 1.165) is 0 Å². The summed E-state index contributed by atoms with van der Waals surface area (Å²) in [7, 11) is -3.35. The Bertz CT molecular complexity index is 438. The van der Waals surface area contributed by atoms with E-state index < -0.39 is 14.6 Å². The second-order valence-corrected chi connectivity index (χ2v) is 7.36. The first-order chi connectivity index (χ1) is 6.66. The van der Waals surface area contributed by atoms with Gasteiger partial charge in [0.1, 0.15) is 0 Å². The van der Waals surface area contributed by atoms with Crippen LogP contribution in [0.15, 0.2) is 11.0 Å². The van der Waals surface area contributed by atoms with Gasteiger partial charge in [-0.05, 0) is 27.2 Å². The van der Waals surface area contributed by atoms with Crippen LogP contribution in [0.2, 0.25) is 0 Å². The minimum absolute atomic E-state index is 0.0454. The first-order valence-corrected chi connectivity index (χ1v) is 6.25. The maximum Gasteiger partial charge on any atom is 0.241 e. The lowest BCUT2D eigenvalue weighted by atomic mass is 10.0. The molecule has 0 amide bonds. The fourth-order valence-corrected chi connectivity index (χ4v) is 2.75. The van der Waals surface area contributed by atoms with E-state index in [0.29, 0.717) is 0 Å². The van der Waals surface area contributed by atoms with Crippen LogP contribution in [0.25, 0.3) is 0 Å². The molecule has 0 heterocycles. The molecule has 84 valence electrons. The summed E-state index contributed by atoms with van der Waals surface area (Å²) in [6.07, 6.45) is 1.75. The third-order valence-corrected chi connectivity index (χ3v) is 5.01. The van der Waals surface area contributed by atoms with Gasteiger partial charge in [-0.15, -0.1) is 0 Å². The summed E-state index contributed by atoms with van der Waals surface area (Å²) >= 11 is 0. The number of hydrogen-bond acceptors (Lipinski definition) is 3. The van der Waals surface area contributed by atoms with Gasteiger partial charge in [-0.3, -0.25) is 10.2 Å². The predicted octanol–water partition coefficient (Wildman–Crippen LogP) is -0.353. The maximum atomic E-state index is 12.0. The highest BCUT2D eigenvalue weighted by Crippen LogP contribution is 2.28. The average Bonchev–Trinajstić information content (AvgIpc) is 2.07. The van der Waals surface area contributed by atoms with E-state index in [4.69, 9.17) is 5.41 Å². The molecular weight excluding hydrogens is 214 g/mol. The van der Waals surface area contributed by atoms with E-state index in [2.05, 4.69) is 0 Å². The number of carbonyl (C=O) groups is 1. The lowest BCUT2D eigenvalue weighted by Crippen LogP contribution is -2.46. The standard InChI is InChI=1S/C10H15NO3S/c1-10(2,3)15(13,14)7-4-5-9(12)8(11)6-7/h6,11H,4-5H2,1-3H3/p+1. The summed E-state index contributed by atoms with van der Waals surface area (Å²) < 4.78 is 23.2. The van der Waals surface area contributed by atoms with Gasteiger partial charge in [0.05, 0.1) is 9.65 Å². The van der Waals surface area contributed by atoms with E-state index in [9.17, 15) is 13.2 Å². The van der Waals surface area contributed by atoms with Crippen LogP contribution < -0.4 is 5.41 Å². The van der Waals surface area contributed by atoms with Crippen LogP contribution in [-0.2, 0) is 14.6 Å². The fraction of sp³-hybridized carbons (Fsp3) is 0.600. The molecule has 0 bridgehead atoms. The topological polar surface area (TPSA) is 76.8 Å². The highest BCUT2D eigenvalue weighted by molar-refractivity contribution is 7.96. The smallest absolute Gasteiger partial charge is 0.241 e. The van der Waals surface area contributed by atoms with Crippen LogP contribution in [0.3, 0.4) is 0 Å². The Morgan fingerprint density at radius 1 is 1.27 bits per heavy atom. The molecule has 0 spiro atoms. The van der Waals surface area contributed by atoms with Crippen molar-refractivity contribution in [1.82, 2.24) is 0 Å². The van der Waals surface area contributed by atoms with Crippen LogP contribution in [0.4, 0.5) is 0 Å². The van der Waals surface area contributed by atoms with E-state index in [1.807, 2.05) is 0 Å². The third kappa shape index (κ3) is 2.17. The largest absolute Gasteiger partial charge is 0.287 e. The molecule has 0 saturated heterocycles. The lowest BCUT2D eigenvalue weighted by Gasteiger charge is -2.22.